The first-order chi connectivity index (χ1) is 18.5. The van der Waals surface area contributed by atoms with Gasteiger partial charge in [-0.1, -0.05) is 88.6 Å². The standard InChI is InChI=1S/C27H24Cl3N3O5S/c1-4-37-24(36)21-15(2)31-26-33(22(21)18-8-6-5-7-9-18)23(35)20(39-26)14-17-10-12-19(13-11-17)38-25(27(28,29)30)32-16(3)34/h5-14,22,25H,4H2,1-3H3,(H,32,34). The summed E-state index contributed by atoms with van der Waals surface area (Å²) in [5.74, 6) is -0.587. The number of benzene rings is 2. The van der Waals surface area contributed by atoms with Gasteiger partial charge in [-0.2, -0.15) is 0 Å². The lowest BCUT2D eigenvalue weighted by atomic mass is 9.96. The zero-order chi connectivity index (χ0) is 28.3. The molecule has 0 aliphatic carbocycles. The Balaban J connectivity index is 1.72. The normalized spacial score (nSPS) is 16.3. The third-order valence-corrected chi connectivity index (χ3v) is 7.27. The van der Waals surface area contributed by atoms with Crippen molar-refractivity contribution in [3.05, 3.63) is 96.7 Å². The van der Waals surface area contributed by atoms with E-state index in [2.05, 4.69) is 10.3 Å². The number of fused-ring (bicyclic) bond motifs is 1. The highest BCUT2D eigenvalue weighted by Crippen LogP contribution is 2.32. The fourth-order valence-corrected chi connectivity index (χ4v) is 5.38. The predicted molar refractivity (Wildman–Crippen MR) is 152 cm³/mol. The lowest BCUT2D eigenvalue weighted by molar-refractivity contribution is -0.139. The molecule has 2 heterocycles. The van der Waals surface area contributed by atoms with Crippen LogP contribution in [-0.2, 0) is 14.3 Å². The summed E-state index contributed by atoms with van der Waals surface area (Å²) in [7, 11) is 0. The number of hydrogen-bond acceptors (Lipinski definition) is 7. The van der Waals surface area contributed by atoms with Gasteiger partial charge in [-0.15, -0.1) is 0 Å². The molecular formula is C27H24Cl3N3O5S. The Morgan fingerprint density at radius 2 is 1.82 bits per heavy atom. The molecular weight excluding hydrogens is 585 g/mol. The minimum Gasteiger partial charge on any atom is -0.466 e. The quantitative estimate of drug-likeness (QED) is 0.248. The van der Waals surface area contributed by atoms with Crippen molar-refractivity contribution in [2.75, 3.05) is 6.61 Å². The minimum atomic E-state index is -1.89. The maximum atomic E-state index is 13.7. The van der Waals surface area contributed by atoms with Crippen LogP contribution >= 0.6 is 46.1 Å². The molecule has 4 rings (SSSR count). The van der Waals surface area contributed by atoms with Gasteiger partial charge < -0.3 is 14.8 Å². The maximum absolute atomic E-state index is 13.7. The zero-order valence-corrected chi connectivity index (χ0v) is 24.2. The van der Waals surface area contributed by atoms with Crippen molar-refractivity contribution in [2.45, 2.75) is 36.8 Å². The minimum absolute atomic E-state index is 0.203. The molecule has 2 atom stereocenters. The lowest BCUT2D eigenvalue weighted by Gasteiger charge is -2.25. The molecule has 1 aliphatic heterocycles. The zero-order valence-electron chi connectivity index (χ0n) is 21.1. The third-order valence-electron chi connectivity index (χ3n) is 5.70. The molecule has 0 spiro atoms. The van der Waals surface area contributed by atoms with Gasteiger partial charge in [0.2, 0.25) is 15.9 Å². The SMILES string of the molecule is CCOC(=O)C1=C(C)N=c2sc(=Cc3ccc(OC(NC(C)=O)C(Cl)(Cl)Cl)cc3)c(=O)n2C1c1ccccc1. The summed E-state index contributed by atoms with van der Waals surface area (Å²) < 4.78 is 11.0. The van der Waals surface area contributed by atoms with Crippen LogP contribution in [-0.4, -0.2) is 33.1 Å². The molecule has 0 bridgehead atoms. The number of thiazole rings is 1. The van der Waals surface area contributed by atoms with E-state index >= 15 is 0 Å². The number of nitrogens with zero attached hydrogens (tertiary/aromatic N) is 2. The number of rotatable bonds is 7. The highest BCUT2D eigenvalue weighted by Gasteiger charge is 2.36. The van der Waals surface area contributed by atoms with Crippen molar-refractivity contribution in [1.29, 1.82) is 0 Å². The first-order valence-electron chi connectivity index (χ1n) is 11.8. The number of ether oxygens (including phenoxy) is 2. The van der Waals surface area contributed by atoms with Gasteiger partial charge in [-0.3, -0.25) is 14.2 Å². The third kappa shape index (κ3) is 6.55. The van der Waals surface area contributed by atoms with Gasteiger partial charge in [0.25, 0.3) is 5.56 Å². The number of hydrogen-bond donors (Lipinski definition) is 1. The molecule has 0 radical (unpaired) electrons. The van der Waals surface area contributed by atoms with Gasteiger partial charge in [0.15, 0.2) is 4.80 Å². The van der Waals surface area contributed by atoms with Gasteiger partial charge in [-0.05, 0) is 43.2 Å². The molecule has 1 amide bonds. The number of carbonyl (C=O) groups is 2. The summed E-state index contributed by atoms with van der Waals surface area (Å²) in [6, 6.07) is 15.3. The van der Waals surface area contributed by atoms with Crippen LogP contribution < -0.4 is 24.9 Å². The van der Waals surface area contributed by atoms with Crippen LogP contribution in [0.3, 0.4) is 0 Å². The van der Waals surface area contributed by atoms with Crippen molar-refractivity contribution >= 4 is 64.1 Å². The number of esters is 1. The number of alkyl halides is 3. The Bertz CT molecular complexity index is 1590. The summed E-state index contributed by atoms with van der Waals surface area (Å²) >= 11 is 19.0. The number of allylic oxidation sites excluding steroid dienone is 1. The van der Waals surface area contributed by atoms with E-state index in [4.69, 9.17) is 44.3 Å². The highest BCUT2D eigenvalue weighted by molar-refractivity contribution is 7.07. The summed E-state index contributed by atoms with van der Waals surface area (Å²) in [5, 5.41) is 2.44. The van der Waals surface area contributed by atoms with Crippen LogP contribution in [0, 0.1) is 0 Å². The Hall–Kier alpha value is -3.11. The average Bonchev–Trinajstić information content (AvgIpc) is 3.18. The molecule has 1 N–H and O–H groups in total. The fourth-order valence-electron chi connectivity index (χ4n) is 4.04. The largest absolute Gasteiger partial charge is 0.466 e. The second kappa shape index (κ2) is 12.0. The van der Waals surface area contributed by atoms with E-state index in [0.717, 1.165) is 5.56 Å². The van der Waals surface area contributed by atoms with Crippen LogP contribution in [0.5, 0.6) is 5.75 Å². The first-order valence-corrected chi connectivity index (χ1v) is 13.8. The smallest absolute Gasteiger partial charge is 0.338 e. The molecule has 0 saturated heterocycles. The molecule has 2 aromatic carbocycles. The van der Waals surface area contributed by atoms with Gasteiger partial charge in [0.1, 0.15) is 5.75 Å². The van der Waals surface area contributed by atoms with E-state index in [9.17, 15) is 14.4 Å². The first kappa shape index (κ1) is 28.9. The molecule has 2 unspecified atom stereocenters. The second-order valence-corrected chi connectivity index (χ2v) is 11.9. The van der Waals surface area contributed by atoms with E-state index in [0.29, 0.717) is 31.9 Å². The monoisotopic (exact) mass is 607 g/mol. The average molecular weight is 609 g/mol. The molecule has 0 saturated carbocycles. The summed E-state index contributed by atoms with van der Waals surface area (Å²) in [4.78, 5) is 43.1. The summed E-state index contributed by atoms with van der Waals surface area (Å²) in [6.07, 6.45) is 0.517. The molecule has 8 nitrogen and oxygen atoms in total. The summed E-state index contributed by atoms with van der Waals surface area (Å²) in [5.41, 5.74) is 2.01. The van der Waals surface area contributed by atoms with Crippen molar-refractivity contribution in [2.24, 2.45) is 4.99 Å². The van der Waals surface area contributed by atoms with Crippen LogP contribution in [0.25, 0.3) is 6.08 Å². The highest BCUT2D eigenvalue weighted by atomic mass is 35.6. The van der Waals surface area contributed by atoms with Gasteiger partial charge in [0, 0.05) is 6.92 Å². The fraction of sp³-hybridized carbons (Fsp3) is 0.259. The topological polar surface area (TPSA) is 99.0 Å². The molecule has 12 heteroatoms. The number of aromatic nitrogens is 1. The Kier molecular flexibility index (Phi) is 8.86. The predicted octanol–water partition coefficient (Wildman–Crippen LogP) is 4.01. The van der Waals surface area contributed by atoms with Crippen LogP contribution in [0.2, 0.25) is 0 Å². The van der Waals surface area contributed by atoms with Gasteiger partial charge in [-0.25, -0.2) is 9.79 Å². The van der Waals surface area contributed by atoms with E-state index < -0.39 is 27.9 Å². The van der Waals surface area contributed by atoms with E-state index in [-0.39, 0.29) is 12.2 Å². The Morgan fingerprint density at radius 1 is 1.15 bits per heavy atom. The van der Waals surface area contributed by atoms with E-state index in [1.54, 1.807) is 44.2 Å². The molecule has 204 valence electrons. The van der Waals surface area contributed by atoms with Crippen molar-refractivity contribution in [1.82, 2.24) is 9.88 Å². The van der Waals surface area contributed by atoms with Crippen molar-refractivity contribution in [3.8, 4) is 5.75 Å². The molecule has 0 fully saturated rings. The Morgan fingerprint density at radius 3 is 2.41 bits per heavy atom. The Labute approximate surface area is 243 Å². The lowest BCUT2D eigenvalue weighted by Crippen LogP contribution is -2.47. The van der Waals surface area contributed by atoms with E-state index in [1.807, 2.05) is 30.3 Å². The van der Waals surface area contributed by atoms with Crippen LogP contribution in [0.1, 0.15) is 37.9 Å². The molecule has 3 aromatic rings. The van der Waals surface area contributed by atoms with E-state index in [1.165, 1.54) is 22.8 Å². The number of carbonyl (C=O) groups excluding carboxylic acids is 2. The van der Waals surface area contributed by atoms with Crippen LogP contribution in [0.15, 0.2) is 75.7 Å². The van der Waals surface area contributed by atoms with Gasteiger partial charge >= 0.3 is 5.97 Å². The molecule has 1 aliphatic rings. The van der Waals surface area contributed by atoms with Crippen LogP contribution in [0.4, 0.5) is 0 Å². The molecule has 39 heavy (non-hydrogen) atoms. The van der Waals surface area contributed by atoms with Crippen molar-refractivity contribution in [3.63, 3.8) is 0 Å². The van der Waals surface area contributed by atoms with Gasteiger partial charge in [0.05, 0.1) is 28.5 Å². The number of amides is 1. The van der Waals surface area contributed by atoms with Crippen molar-refractivity contribution < 1.29 is 19.1 Å². The summed E-state index contributed by atoms with van der Waals surface area (Å²) in [6.45, 7) is 4.96. The maximum Gasteiger partial charge on any atom is 0.338 e. The number of nitrogens with one attached hydrogen (secondary N) is 1. The number of halogens is 3. The molecule has 1 aromatic heterocycles. The second-order valence-electron chi connectivity index (χ2n) is 8.52.